The van der Waals surface area contributed by atoms with Gasteiger partial charge in [-0.15, -0.1) is 0 Å². The molecule has 0 spiro atoms. The van der Waals surface area contributed by atoms with E-state index in [0.717, 1.165) is 12.8 Å². The van der Waals surface area contributed by atoms with Gasteiger partial charge in [-0.05, 0) is 30.4 Å². The van der Waals surface area contributed by atoms with Gasteiger partial charge in [-0.3, -0.25) is 0 Å². The summed E-state index contributed by atoms with van der Waals surface area (Å²) in [5, 5.41) is 8.93. The minimum Gasteiger partial charge on any atom is -0.477 e. The number of methoxy groups -OCH3 is 1. The van der Waals surface area contributed by atoms with Crippen LogP contribution >= 0.6 is 0 Å². The van der Waals surface area contributed by atoms with Crippen molar-refractivity contribution in [3.63, 3.8) is 0 Å². The fourth-order valence-electron chi connectivity index (χ4n) is 1.58. The Balaban J connectivity index is 2.39. The maximum atomic E-state index is 11.2. The van der Waals surface area contributed by atoms with Crippen molar-refractivity contribution in [2.45, 2.75) is 18.8 Å². The lowest BCUT2D eigenvalue weighted by atomic mass is 10.1. The van der Waals surface area contributed by atoms with Crippen molar-refractivity contribution < 1.29 is 19.4 Å². The highest BCUT2D eigenvalue weighted by molar-refractivity contribution is 5.93. The molecule has 0 saturated heterocycles. The fourth-order valence-corrected chi connectivity index (χ4v) is 1.58. The van der Waals surface area contributed by atoms with Crippen molar-refractivity contribution in [2.75, 3.05) is 7.11 Å². The van der Waals surface area contributed by atoms with E-state index in [4.69, 9.17) is 5.11 Å². The summed E-state index contributed by atoms with van der Waals surface area (Å²) in [6, 6.07) is 1.58. The standard InChI is InChI=1S/C10H11NO4/c1-15-10(14)7-4-6(5-2-3-5)8(11-7)9(12)13/h4-5,11H,2-3H2,1H3,(H,12,13). The lowest BCUT2D eigenvalue weighted by molar-refractivity contribution is 0.0594. The van der Waals surface area contributed by atoms with Crippen molar-refractivity contribution in [1.29, 1.82) is 0 Å². The second kappa shape index (κ2) is 3.42. The number of hydrogen-bond acceptors (Lipinski definition) is 3. The Kier molecular flexibility index (Phi) is 2.22. The Morgan fingerprint density at radius 2 is 2.20 bits per heavy atom. The van der Waals surface area contributed by atoms with Crippen LogP contribution in [0, 0.1) is 0 Å². The summed E-state index contributed by atoms with van der Waals surface area (Å²) in [5.41, 5.74) is 1.03. The number of rotatable bonds is 3. The number of carbonyl (C=O) groups excluding carboxylic acids is 1. The van der Waals surface area contributed by atoms with Gasteiger partial charge in [0.2, 0.25) is 0 Å². The quantitative estimate of drug-likeness (QED) is 0.737. The van der Waals surface area contributed by atoms with Crippen molar-refractivity contribution in [3.8, 4) is 0 Å². The number of aromatic nitrogens is 1. The van der Waals surface area contributed by atoms with Crippen LogP contribution in [0.1, 0.15) is 45.3 Å². The third-order valence-electron chi connectivity index (χ3n) is 2.48. The summed E-state index contributed by atoms with van der Waals surface area (Å²) in [6.07, 6.45) is 1.97. The van der Waals surface area contributed by atoms with E-state index in [9.17, 15) is 9.59 Å². The molecule has 1 heterocycles. The SMILES string of the molecule is COC(=O)c1cc(C2CC2)c(C(=O)O)[nH]1. The molecule has 1 saturated carbocycles. The third-order valence-corrected chi connectivity index (χ3v) is 2.48. The second-order valence-corrected chi connectivity index (χ2v) is 3.58. The molecule has 2 N–H and O–H groups in total. The van der Waals surface area contributed by atoms with E-state index in [0.29, 0.717) is 5.56 Å². The van der Waals surface area contributed by atoms with Crippen LogP contribution in [0.25, 0.3) is 0 Å². The first-order chi connectivity index (χ1) is 7.13. The number of hydrogen-bond donors (Lipinski definition) is 2. The van der Waals surface area contributed by atoms with Crippen LogP contribution in [-0.4, -0.2) is 29.1 Å². The third kappa shape index (κ3) is 1.72. The van der Waals surface area contributed by atoms with Crippen LogP contribution in [0.4, 0.5) is 0 Å². The summed E-state index contributed by atoms with van der Waals surface area (Å²) < 4.78 is 4.52. The molecule has 5 heteroatoms. The number of aromatic amines is 1. The van der Waals surface area contributed by atoms with E-state index in [1.54, 1.807) is 6.07 Å². The first-order valence-electron chi connectivity index (χ1n) is 4.68. The molecule has 2 rings (SSSR count). The number of aromatic carboxylic acids is 1. The number of carboxylic acid groups (broad SMARTS) is 1. The van der Waals surface area contributed by atoms with Crippen LogP contribution in [-0.2, 0) is 4.74 Å². The number of carboxylic acids is 1. The van der Waals surface area contributed by atoms with E-state index in [2.05, 4.69) is 9.72 Å². The Labute approximate surface area is 86.1 Å². The van der Waals surface area contributed by atoms with Gasteiger partial charge in [0.15, 0.2) is 0 Å². The average Bonchev–Trinajstić information content (AvgIpc) is 2.96. The Morgan fingerprint density at radius 1 is 1.53 bits per heavy atom. The zero-order valence-electron chi connectivity index (χ0n) is 8.24. The normalized spacial score (nSPS) is 15.0. The van der Waals surface area contributed by atoms with E-state index >= 15 is 0 Å². The maximum Gasteiger partial charge on any atom is 0.354 e. The number of esters is 1. The highest BCUT2D eigenvalue weighted by atomic mass is 16.5. The van der Waals surface area contributed by atoms with Gasteiger partial charge in [-0.2, -0.15) is 0 Å². The largest absolute Gasteiger partial charge is 0.477 e. The molecule has 0 amide bonds. The van der Waals surface area contributed by atoms with Crippen LogP contribution < -0.4 is 0 Å². The zero-order chi connectivity index (χ0) is 11.0. The Morgan fingerprint density at radius 3 is 2.67 bits per heavy atom. The monoisotopic (exact) mass is 209 g/mol. The van der Waals surface area contributed by atoms with Gasteiger partial charge in [0.1, 0.15) is 11.4 Å². The smallest absolute Gasteiger partial charge is 0.354 e. The summed E-state index contributed by atoms with van der Waals surface area (Å²) in [6.45, 7) is 0. The number of ether oxygens (including phenoxy) is 1. The fraction of sp³-hybridized carbons (Fsp3) is 0.400. The predicted molar refractivity (Wildman–Crippen MR) is 51.1 cm³/mol. The summed E-state index contributed by atoms with van der Waals surface area (Å²) >= 11 is 0. The first kappa shape index (κ1) is 9.76. The molecule has 0 aliphatic heterocycles. The lowest BCUT2D eigenvalue weighted by Crippen LogP contribution is -2.04. The average molecular weight is 209 g/mol. The zero-order valence-corrected chi connectivity index (χ0v) is 8.24. The van der Waals surface area contributed by atoms with Crippen molar-refractivity contribution in [1.82, 2.24) is 4.98 Å². The molecule has 5 nitrogen and oxygen atoms in total. The molecule has 0 radical (unpaired) electrons. The van der Waals surface area contributed by atoms with Crippen LogP contribution in [0.2, 0.25) is 0 Å². The minimum atomic E-state index is -1.04. The molecule has 0 unspecified atom stereocenters. The van der Waals surface area contributed by atoms with E-state index < -0.39 is 11.9 Å². The van der Waals surface area contributed by atoms with Gasteiger partial charge in [0.05, 0.1) is 7.11 Å². The molecule has 0 bridgehead atoms. The second-order valence-electron chi connectivity index (χ2n) is 3.58. The van der Waals surface area contributed by atoms with Crippen LogP contribution in [0.5, 0.6) is 0 Å². The number of H-pyrrole nitrogens is 1. The molecule has 0 atom stereocenters. The van der Waals surface area contributed by atoms with Crippen molar-refractivity contribution in [2.24, 2.45) is 0 Å². The molecular weight excluding hydrogens is 198 g/mol. The lowest BCUT2D eigenvalue weighted by Gasteiger charge is -1.94. The number of carbonyl (C=O) groups is 2. The summed E-state index contributed by atoms with van der Waals surface area (Å²) in [5.74, 6) is -1.29. The van der Waals surface area contributed by atoms with Gasteiger partial charge < -0.3 is 14.8 Å². The Bertz CT molecular complexity index is 417. The summed E-state index contributed by atoms with van der Waals surface area (Å²) in [7, 11) is 1.26. The highest BCUT2D eigenvalue weighted by Gasteiger charge is 2.31. The molecule has 1 aliphatic carbocycles. The minimum absolute atomic E-state index is 0.109. The van der Waals surface area contributed by atoms with Crippen LogP contribution in [0.15, 0.2) is 6.07 Å². The van der Waals surface area contributed by atoms with Gasteiger partial charge in [-0.25, -0.2) is 9.59 Å². The van der Waals surface area contributed by atoms with Gasteiger partial charge in [0.25, 0.3) is 0 Å². The van der Waals surface area contributed by atoms with Gasteiger partial charge >= 0.3 is 11.9 Å². The molecule has 80 valence electrons. The first-order valence-corrected chi connectivity index (χ1v) is 4.68. The predicted octanol–water partition coefficient (Wildman–Crippen LogP) is 1.38. The molecule has 0 aromatic carbocycles. The van der Waals surface area contributed by atoms with Gasteiger partial charge in [0, 0.05) is 0 Å². The van der Waals surface area contributed by atoms with E-state index in [1.807, 2.05) is 0 Å². The van der Waals surface area contributed by atoms with Crippen LogP contribution in [0.3, 0.4) is 0 Å². The molecule has 1 fully saturated rings. The topological polar surface area (TPSA) is 79.4 Å². The van der Waals surface area contributed by atoms with Gasteiger partial charge in [-0.1, -0.05) is 0 Å². The van der Waals surface area contributed by atoms with E-state index in [-0.39, 0.29) is 17.3 Å². The summed E-state index contributed by atoms with van der Waals surface area (Å²) in [4.78, 5) is 24.7. The molecule has 15 heavy (non-hydrogen) atoms. The molecule has 1 aromatic rings. The maximum absolute atomic E-state index is 11.2. The van der Waals surface area contributed by atoms with Crippen molar-refractivity contribution >= 4 is 11.9 Å². The Hall–Kier alpha value is -1.78. The molecular formula is C10H11NO4. The highest BCUT2D eigenvalue weighted by Crippen LogP contribution is 2.42. The van der Waals surface area contributed by atoms with E-state index in [1.165, 1.54) is 7.11 Å². The molecule has 1 aliphatic rings. The van der Waals surface area contributed by atoms with Crippen molar-refractivity contribution in [3.05, 3.63) is 23.0 Å². The number of nitrogens with one attached hydrogen (secondary N) is 1. The molecule has 1 aromatic heterocycles.